The lowest BCUT2D eigenvalue weighted by atomic mass is 10.1. The third kappa shape index (κ3) is 2.88. The molecule has 0 aromatic heterocycles. The summed E-state index contributed by atoms with van der Waals surface area (Å²) in [7, 11) is -4.13. The first-order valence-corrected chi connectivity index (χ1v) is 7.48. The van der Waals surface area contributed by atoms with Crippen LogP contribution in [0.5, 0.6) is 0 Å². The number of rotatable bonds is 3. The summed E-state index contributed by atoms with van der Waals surface area (Å²) >= 11 is 0. The van der Waals surface area contributed by atoms with E-state index in [1.807, 2.05) is 0 Å². The molecule has 1 amide bonds. The van der Waals surface area contributed by atoms with Crippen LogP contribution >= 0.6 is 0 Å². The predicted octanol–water partition coefficient (Wildman–Crippen LogP) is -0.0472. The van der Waals surface area contributed by atoms with E-state index < -0.39 is 38.2 Å². The quantitative estimate of drug-likeness (QED) is 0.814. The number of hydrogen-bond acceptors (Lipinski definition) is 4. The zero-order valence-corrected chi connectivity index (χ0v) is 11.9. The second-order valence-electron chi connectivity index (χ2n) is 4.57. The van der Waals surface area contributed by atoms with E-state index in [4.69, 9.17) is 5.11 Å². The number of nitrogens with zero attached hydrogens (tertiary/aromatic N) is 1. The highest BCUT2D eigenvalue weighted by Gasteiger charge is 2.31. The molecule has 9 heteroatoms. The minimum Gasteiger partial charge on any atom is -0.478 e. The summed E-state index contributed by atoms with van der Waals surface area (Å²) in [5.74, 6) is -2.81. The number of benzene rings is 1. The molecule has 0 radical (unpaired) electrons. The van der Waals surface area contributed by atoms with E-state index in [1.54, 1.807) is 0 Å². The van der Waals surface area contributed by atoms with Gasteiger partial charge in [-0.25, -0.2) is 17.6 Å². The van der Waals surface area contributed by atoms with Gasteiger partial charge in [-0.1, -0.05) is 0 Å². The van der Waals surface area contributed by atoms with Gasteiger partial charge in [0.1, 0.15) is 5.82 Å². The van der Waals surface area contributed by atoms with E-state index >= 15 is 0 Å². The molecule has 114 valence electrons. The number of carbonyl (C=O) groups excluding carboxylic acids is 1. The van der Waals surface area contributed by atoms with Crippen LogP contribution in [-0.4, -0.2) is 49.3 Å². The van der Waals surface area contributed by atoms with E-state index in [0.29, 0.717) is 0 Å². The lowest BCUT2D eigenvalue weighted by molar-refractivity contribution is -0.122. The van der Waals surface area contributed by atoms with Crippen molar-refractivity contribution in [3.63, 3.8) is 0 Å². The number of hydrogen-bond donors (Lipinski definition) is 2. The van der Waals surface area contributed by atoms with Gasteiger partial charge in [-0.05, 0) is 19.1 Å². The van der Waals surface area contributed by atoms with Crippen LogP contribution in [0.3, 0.4) is 0 Å². The average molecular weight is 316 g/mol. The molecule has 7 nitrogen and oxygen atoms in total. The Morgan fingerprint density at radius 1 is 1.43 bits per heavy atom. The molecule has 0 saturated carbocycles. The first kappa shape index (κ1) is 15.4. The Bertz CT molecular complexity index is 717. The van der Waals surface area contributed by atoms with Gasteiger partial charge in [-0.3, -0.25) is 4.79 Å². The number of amides is 1. The average Bonchev–Trinajstić information content (AvgIpc) is 2.41. The zero-order valence-electron chi connectivity index (χ0n) is 11.1. The lowest BCUT2D eigenvalue weighted by Crippen LogP contribution is -2.50. The Morgan fingerprint density at radius 3 is 2.67 bits per heavy atom. The minimum atomic E-state index is -4.13. The number of piperazine rings is 1. The van der Waals surface area contributed by atoms with Crippen LogP contribution in [0.15, 0.2) is 17.0 Å². The number of nitrogens with one attached hydrogen (secondary N) is 1. The van der Waals surface area contributed by atoms with Crippen LogP contribution in [0.25, 0.3) is 0 Å². The van der Waals surface area contributed by atoms with Crippen LogP contribution in [0.2, 0.25) is 0 Å². The molecule has 0 aliphatic carbocycles. The highest BCUT2D eigenvalue weighted by molar-refractivity contribution is 7.89. The van der Waals surface area contributed by atoms with E-state index in [9.17, 15) is 22.4 Å². The van der Waals surface area contributed by atoms with Gasteiger partial charge in [-0.2, -0.15) is 4.31 Å². The summed E-state index contributed by atoms with van der Waals surface area (Å²) in [4.78, 5) is 21.8. The van der Waals surface area contributed by atoms with Gasteiger partial charge in [0.2, 0.25) is 15.9 Å². The molecule has 0 atom stereocenters. The normalized spacial score (nSPS) is 16.6. The summed E-state index contributed by atoms with van der Waals surface area (Å²) in [6, 6.07) is 1.67. The first-order chi connectivity index (χ1) is 9.73. The SMILES string of the molecule is Cc1c(F)cc(C(=O)O)cc1S(=O)(=O)N1CCNC(=O)C1. The van der Waals surface area contributed by atoms with Crippen LogP contribution in [-0.2, 0) is 14.8 Å². The van der Waals surface area contributed by atoms with Crippen molar-refractivity contribution in [3.05, 3.63) is 29.1 Å². The maximum absolute atomic E-state index is 13.7. The summed E-state index contributed by atoms with van der Waals surface area (Å²) < 4.78 is 39.6. The molecule has 0 unspecified atom stereocenters. The fraction of sp³-hybridized carbons (Fsp3) is 0.333. The number of aromatic carboxylic acids is 1. The van der Waals surface area contributed by atoms with Crippen molar-refractivity contribution in [3.8, 4) is 0 Å². The molecule has 1 heterocycles. The Hall–Kier alpha value is -2.00. The molecule has 0 bridgehead atoms. The number of carboxylic acids is 1. The van der Waals surface area contributed by atoms with Gasteiger partial charge < -0.3 is 10.4 Å². The summed E-state index contributed by atoms with van der Waals surface area (Å²) in [5.41, 5.74) is -0.635. The molecule has 21 heavy (non-hydrogen) atoms. The van der Waals surface area contributed by atoms with Crippen LogP contribution in [0.1, 0.15) is 15.9 Å². The molecular formula is C12H13FN2O5S. The third-order valence-electron chi connectivity index (χ3n) is 3.16. The maximum Gasteiger partial charge on any atom is 0.335 e. The monoisotopic (exact) mass is 316 g/mol. The summed E-state index contributed by atoms with van der Waals surface area (Å²) in [6.07, 6.45) is 0. The van der Waals surface area contributed by atoms with E-state index in [0.717, 1.165) is 16.4 Å². The fourth-order valence-electron chi connectivity index (χ4n) is 2.00. The molecule has 1 aliphatic rings. The molecule has 2 N–H and O–H groups in total. The summed E-state index contributed by atoms with van der Waals surface area (Å²) in [5, 5.41) is 11.4. The Balaban J connectivity index is 2.53. The van der Waals surface area contributed by atoms with Crippen molar-refractivity contribution >= 4 is 21.9 Å². The van der Waals surface area contributed by atoms with Gasteiger partial charge in [0, 0.05) is 18.7 Å². The van der Waals surface area contributed by atoms with Crippen molar-refractivity contribution in [2.45, 2.75) is 11.8 Å². The van der Waals surface area contributed by atoms with Crippen LogP contribution in [0.4, 0.5) is 4.39 Å². The Morgan fingerprint density at radius 2 is 2.10 bits per heavy atom. The van der Waals surface area contributed by atoms with Crippen molar-refractivity contribution in [2.24, 2.45) is 0 Å². The Kier molecular flexibility index (Phi) is 3.97. The fourth-order valence-corrected chi connectivity index (χ4v) is 3.66. The summed E-state index contributed by atoms with van der Waals surface area (Å²) in [6.45, 7) is 1.07. The number of sulfonamides is 1. The maximum atomic E-state index is 13.7. The van der Waals surface area contributed by atoms with Crippen molar-refractivity contribution < 1.29 is 27.5 Å². The molecule has 1 fully saturated rings. The van der Waals surface area contributed by atoms with Crippen LogP contribution in [0, 0.1) is 12.7 Å². The van der Waals surface area contributed by atoms with E-state index in [1.165, 1.54) is 6.92 Å². The second kappa shape index (κ2) is 5.41. The second-order valence-corrected chi connectivity index (χ2v) is 6.48. The molecular weight excluding hydrogens is 303 g/mol. The number of carbonyl (C=O) groups is 2. The highest BCUT2D eigenvalue weighted by Crippen LogP contribution is 2.24. The van der Waals surface area contributed by atoms with Gasteiger partial charge in [0.25, 0.3) is 0 Å². The molecule has 2 rings (SSSR count). The minimum absolute atomic E-state index is 0.0480. The van der Waals surface area contributed by atoms with Crippen molar-refractivity contribution in [1.29, 1.82) is 0 Å². The standard InChI is InChI=1S/C12H13FN2O5S/c1-7-9(13)4-8(12(17)18)5-10(7)21(19,20)15-3-2-14-11(16)6-15/h4-5H,2-3,6H2,1H3,(H,14,16)(H,17,18). The van der Waals surface area contributed by atoms with Gasteiger partial charge >= 0.3 is 5.97 Å². The number of carboxylic acid groups (broad SMARTS) is 1. The van der Waals surface area contributed by atoms with Gasteiger partial charge in [0.05, 0.1) is 17.0 Å². The Labute approximate surface area is 120 Å². The lowest BCUT2D eigenvalue weighted by Gasteiger charge is -2.26. The molecule has 0 spiro atoms. The zero-order chi connectivity index (χ0) is 15.8. The topological polar surface area (TPSA) is 104 Å². The van der Waals surface area contributed by atoms with E-state index in [-0.39, 0.29) is 25.2 Å². The smallest absolute Gasteiger partial charge is 0.335 e. The molecule has 1 aromatic rings. The largest absolute Gasteiger partial charge is 0.478 e. The number of halogens is 1. The van der Waals surface area contributed by atoms with Gasteiger partial charge in [-0.15, -0.1) is 0 Å². The first-order valence-electron chi connectivity index (χ1n) is 6.04. The highest BCUT2D eigenvalue weighted by atomic mass is 32.2. The third-order valence-corrected chi connectivity index (χ3v) is 5.14. The van der Waals surface area contributed by atoms with Crippen molar-refractivity contribution in [2.75, 3.05) is 19.6 Å². The molecule has 1 aliphatic heterocycles. The van der Waals surface area contributed by atoms with E-state index in [2.05, 4.69) is 5.32 Å². The van der Waals surface area contributed by atoms with Crippen molar-refractivity contribution in [1.82, 2.24) is 9.62 Å². The van der Waals surface area contributed by atoms with Crippen LogP contribution < -0.4 is 5.32 Å². The molecule has 1 saturated heterocycles. The molecule has 1 aromatic carbocycles. The predicted molar refractivity (Wildman–Crippen MR) is 69.9 cm³/mol. The van der Waals surface area contributed by atoms with Gasteiger partial charge in [0.15, 0.2) is 0 Å².